The largest absolute Gasteiger partial charge is 0.478 e. The fraction of sp³-hybridized carbons (Fsp3) is 0.250. The van der Waals surface area contributed by atoms with E-state index in [0.29, 0.717) is 17.0 Å². The monoisotopic (exact) mass is 355 g/mol. The Kier molecular flexibility index (Phi) is 5.02. The predicted octanol–water partition coefficient (Wildman–Crippen LogP) is 3.49. The Hall–Kier alpha value is -1.98. The lowest BCUT2D eigenvalue weighted by molar-refractivity contribution is -0.136. The van der Waals surface area contributed by atoms with E-state index in [0.717, 1.165) is 0 Å². The molecule has 122 valence electrons. The van der Waals surface area contributed by atoms with Crippen molar-refractivity contribution in [2.24, 2.45) is 0 Å². The molecule has 7 heteroatoms. The highest BCUT2D eigenvalue weighted by Crippen LogP contribution is 2.42. The Morgan fingerprint density at radius 1 is 1.17 bits per heavy atom. The standard InChI is InChI=1S/C16H15Cl2NO4/c1-7-11(15(20)21)13(9-5-4-6-10(17)14(9)18)12(8(2)19-7)16(22)23-3/h4-6,13,19H,1-3H3,(H,20,21)/t13-/m1/s1. The lowest BCUT2D eigenvalue weighted by Gasteiger charge is -2.30. The maximum Gasteiger partial charge on any atom is 0.336 e. The van der Waals surface area contributed by atoms with Crippen molar-refractivity contribution in [3.63, 3.8) is 0 Å². The van der Waals surface area contributed by atoms with Crippen LogP contribution in [0.1, 0.15) is 25.3 Å². The maximum atomic E-state index is 12.2. The third-order valence-electron chi connectivity index (χ3n) is 3.69. The molecule has 1 aliphatic rings. The molecule has 0 fully saturated rings. The molecule has 5 nitrogen and oxygen atoms in total. The van der Waals surface area contributed by atoms with Gasteiger partial charge in [-0.25, -0.2) is 9.59 Å². The van der Waals surface area contributed by atoms with Gasteiger partial charge in [0, 0.05) is 11.4 Å². The van der Waals surface area contributed by atoms with E-state index in [-0.39, 0.29) is 21.2 Å². The van der Waals surface area contributed by atoms with Crippen LogP contribution in [-0.2, 0) is 14.3 Å². The van der Waals surface area contributed by atoms with Crippen LogP contribution in [0, 0.1) is 0 Å². The van der Waals surface area contributed by atoms with Gasteiger partial charge in [0.25, 0.3) is 0 Å². The lowest BCUT2D eigenvalue weighted by Crippen LogP contribution is -2.31. The van der Waals surface area contributed by atoms with Crippen molar-refractivity contribution in [3.8, 4) is 0 Å². The first-order valence-corrected chi connectivity index (χ1v) is 7.49. The van der Waals surface area contributed by atoms with E-state index >= 15 is 0 Å². The minimum absolute atomic E-state index is 0.0279. The van der Waals surface area contributed by atoms with Gasteiger partial charge in [0.15, 0.2) is 0 Å². The quantitative estimate of drug-likeness (QED) is 0.811. The summed E-state index contributed by atoms with van der Waals surface area (Å²) in [4.78, 5) is 24.0. The molecule has 0 unspecified atom stereocenters. The third kappa shape index (κ3) is 3.07. The number of nitrogens with one attached hydrogen (secondary N) is 1. The highest BCUT2D eigenvalue weighted by Gasteiger charge is 2.38. The number of carboxylic acids is 1. The van der Waals surface area contributed by atoms with Crippen LogP contribution in [0.25, 0.3) is 0 Å². The van der Waals surface area contributed by atoms with Crippen LogP contribution in [0.2, 0.25) is 10.0 Å². The number of carboxylic acid groups (broad SMARTS) is 1. The number of aliphatic carboxylic acids is 1. The van der Waals surface area contributed by atoms with Gasteiger partial charge >= 0.3 is 11.9 Å². The molecule has 0 saturated heterocycles. The highest BCUT2D eigenvalue weighted by molar-refractivity contribution is 6.42. The zero-order valence-corrected chi connectivity index (χ0v) is 14.2. The van der Waals surface area contributed by atoms with Crippen LogP contribution in [0.15, 0.2) is 40.7 Å². The fourth-order valence-electron chi connectivity index (χ4n) is 2.71. The second-order valence-corrected chi connectivity index (χ2v) is 5.86. The molecule has 2 N–H and O–H groups in total. The van der Waals surface area contributed by atoms with Crippen molar-refractivity contribution in [1.29, 1.82) is 0 Å². The third-order valence-corrected chi connectivity index (χ3v) is 4.52. The van der Waals surface area contributed by atoms with Crippen molar-refractivity contribution in [3.05, 3.63) is 56.3 Å². The van der Waals surface area contributed by atoms with Crippen LogP contribution in [0.3, 0.4) is 0 Å². The lowest BCUT2D eigenvalue weighted by atomic mass is 9.80. The number of methoxy groups -OCH3 is 1. The number of allylic oxidation sites excluding steroid dienone is 2. The minimum atomic E-state index is -1.15. The molecular weight excluding hydrogens is 341 g/mol. The first-order valence-electron chi connectivity index (χ1n) is 6.73. The van der Waals surface area contributed by atoms with Crippen LogP contribution >= 0.6 is 23.2 Å². The van der Waals surface area contributed by atoms with Crippen LogP contribution in [-0.4, -0.2) is 24.2 Å². The van der Waals surface area contributed by atoms with Crippen LogP contribution in [0.5, 0.6) is 0 Å². The molecule has 2 rings (SSSR count). The molecule has 1 aliphatic heterocycles. The van der Waals surface area contributed by atoms with E-state index in [1.807, 2.05) is 0 Å². The molecule has 0 radical (unpaired) electrons. The Balaban J connectivity index is 2.77. The van der Waals surface area contributed by atoms with Crippen molar-refractivity contribution in [2.45, 2.75) is 19.8 Å². The van der Waals surface area contributed by atoms with Crippen molar-refractivity contribution >= 4 is 35.1 Å². The number of rotatable bonds is 3. The van der Waals surface area contributed by atoms with Gasteiger partial charge in [-0.2, -0.15) is 0 Å². The number of carbonyl (C=O) groups excluding carboxylic acids is 1. The molecule has 1 aromatic rings. The summed E-state index contributed by atoms with van der Waals surface area (Å²) in [5.41, 5.74) is 1.61. The summed E-state index contributed by atoms with van der Waals surface area (Å²) in [5.74, 6) is -2.64. The Bertz CT molecular complexity index is 752. The molecule has 0 bridgehead atoms. The summed E-state index contributed by atoms with van der Waals surface area (Å²) in [5, 5.41) is 13.0. The number of hydrogen-bond acceptors (Lipinski definition) is 4. The molecule has 1 atom stereocenters. The van der Waals surface area contributed by atoms with Crippen LogP contribution in [0.4, 0.5) is 0 Å². The van der Waals surface area contributed by atoms with E-state index in [1.54, 1.807) is 32.0 Å². The normalized spacial score (nSPS) is 17.9. The Morgan fingerprint density at radius 3 is 2.35 bits per heavy atom. The number of dihydropyridines is 1. The first kappa shape index (κ1) is 17.4. The smallest absolute Gasteiger partial charge is 0.336 e. The molecule has 1 heterocycles. The van der Waals surface area contributed by atoms with Crippen LogP contribution < -0.4 is 5.32 Å². The van der Waals surface area contributed by atoms with Gasteiger partial charge in [0.1, 0.15) is 0 Å². The van der Waals surface area contributed by atoms with Gasteiger partial charge < -0.3 is 15.2 Å². The van der Waals surface area contributed by atoms with E-state index in [9.17, 15) is 14.7 Å². The summed E-state index contributed by atoms with van der Waals surface area (Å²) in [6.07, 6.45) is 0. The van der Waals surface area contributed by atoms with Gasteiger partial charge in [0.05, 0.1) is 34.2 Å². The van der Waals surface area contributed by atoms with E-state index in [4.69, 9.17) is 27.9 Å². The summed E-state index contributed by atoms with van der Waals surface area (Å²) in [6.45, 7) is 3.31. The van der Waals surface area contributed by atoms with Gasteiger partial charge in [-0.05, 0) is 25.5 Å². The SMILES string of the molecule is COC(=O)C1=C(C)NC(C)=C(C(=O)O)[C@H]1c1cccc(Cl)c1Cl. The van der Waals surface area contributed by atoms with Gasteiger partial charge in [-0.1, -0.05) is 35.3 Å². The molecule has 0 saturated carbocycles. The van der Waals surface area contributed by atoms with E-state index in [2.05, 4.69) is 5.32 Å². The topological polar surface area (TPSA) is 75.6 Å². The van der Waals surface area contributed by atoms with Gasteiger partial charge in [-0.15, -0.1) is 0 Å². The summed E-state index contributed by atoms with van der Waals surface area (Å²) in [7, 11) is 1.24. The molecule has 0 aliphatic carbocycles. The molecule has 23 heavy (non-hydrogen) atoms. The molecule has 0 aromatic heterocycles. The average molecular weight is 356 g/mol. The van der Waals surface area contributed by atoms with Gasteiger partial charge in [0.2, 0.25) is 0 Å². The zero-order chi connectivity index (χ0) is 17.3. The maximum absolute atomic E-state index is 12.2. The second-order valence-electron chi connectivity index (χ2n) is 5.08. The molecule has 1 aromatic carbocycles. The van der Waals surface area contributed by atoms with Crippen molar-refractivity contribution in [2.75, 3.05) is 7.11 Å². The molecular formula is C16H15Cl2NO4. The summed E-state index contributed by atoms with van der Waals surface area (Å²) >= 11 is 12.3. The van der Waals surface area contributed by atoms with Crippen molar-refractivity contribution in [1.82, 2.24) is 5.32 Å². The van der Waals surface area contributed by atoms with E-state index in [1.165, 1.54) is 7.11 Å². The van der Waals surface area contributed by atoms with Gasteiger partial charge in [-0.3, -0.25) is 0 Å². The number of carbonyl (C=O) groups is 2. The number of benzene rings is 1. The molecule has 0 spiro atoms. The molecule has 0 amide bonds. The first-order chi connectivity index (χ1) is 10.8. The highest BCUT2D eigenvalue weighted by atomic mass is 35.5. The summed E-state index contributed by atoms with van der Waals surface area (Å²) in [6, 6.07) is 4.90. The predicted molar refractivity (Wildman–Crippen MR) is 87.4 cm³/mol. The van der Waals surface area contributed by atoms with Crippen molar-refractivity contribution < 1.29 is 19.4 Å². The Labute approximate surface area is 143 Å². The number of ether oxygens (including phenoxy) is 1. The minimum Gasteiger partial charge on any atom is -0.478 e. The zero-order valence-electron chi connectivity index (χ0n) is 12.7. The summed E-state index contributed by atoms with van der Waals surface area (Å²) < 4.78 is 4.82. The Morgan fingerprint density at radius 2 is 1.78 bits per heavy atom. The van der Waals surface area contributed by atoms with E-state index < -0.39 is 17.9 Å². The average Bonchev–Trinajstić information content (AvgIpc) is 2.48. The number of esters is 1. The number of halogens is 2. The fourth-order valence-corrected chi connectivity index (χ4v) is 3.13. The second kappa shape index (κ2) is 6.64. The number of hydrogen-bond donors (Lipinski definition) is 2.